The molecule has 0 radical (unpaired) electrons. The average Bonchev–Trinajstić information content (AvgIpc) is 2.43. The Morgan fingerprint density at radius 2 is 2.36 bits per heavy atom. The highest BCUT2D eigenvalue weighted by atomic mass is 16.5. The first-order valence-corrected chi connectivity index (χ1v) is 4.61. The van der Waals surface area contributed by atoms with Gasteiger partial charge in [0.1, 0.15) is 17.1 Å². The Morgan fingerprint density at radius 3 is 2.86 bits per heavy atom. The number of methoxy groups -OCH3 is 1. The van der Waals surface area contributed by atoms with Crippen LogP contribution < -0.4 is 5.32 Å². The molecule has 1 aliphatic rings. The van der Waals surface area contributed by atoms with Crippen LogP contribution in [0.2, 0.25) is 0 Å². The first-order chi connectivity index (χ1) is 6.72. The van der Waals surface area contributed by atoms with E-state index in [9.17, 15) is 4.79 Å². The van der Waals surface area contributed by atoms with Crippen molar-refractivity contribution in [3.63, 3.8) is 0 Å². The van der Waals surface area contributed by atoms with Crippen LogP contribution in [0.5, 0.6) is 0 Å². The molecule has 0 bridgehead atoms. The third kappa shape index (κ3) is 1.42. The van der Waals surface area contributed by atoms with Crippen LogP contribution in [0.1, 0.15) is 27.8 Å². The summed E-state index contributed by atoms with van der Waals surface area (Å²) in [4.78, 5) is 11.3. The monoisotopic (exact) mass is 195 g/mol. The number of rotatable bonds is 2. The second kappa shape index (κ2) is 3.46. The highest BCUT2D eigenvalue weighted by Gasteiger charge is 2.25. The van der Waals surface area contributed by atoms with Crippen molar-refractivity contribution < 1.29 is 13.9 Å². The van der Waals surface area contributed by atoms with E-state index in [0.717, 1.165) is 18.8 Å². The van der Waals surface area contributed by atoms with Gasteiger partial charge in [0.25, 0.3) is 0 Å². The van der Waals surface area contributed by atoms with Gasteiger partial charge in [0.15, 0.2) is 0 Å². The number of furan rings is 1. The molecule has 0 aliphatic carbocycles. The van der Waals surface area contributed by atoms with Gasteiger partial charge in [0.2, 0.25) is 0 Å². The minimum absolute atomic E-state index is 0.329. The predicted octanol–water partition coefficient (Wildman–Crippen LogP) is 1.06. The number of ether oxygens (including phenoxy) is 1. The van der Waals surface area contributed by atoms with Crippen LogP contribution in [0.3, 0.4) is 0 Å². The molecule has 0 aromatic carbocycles. The first kappa shape index (κ1) is 9.27. The minimum atomic E-state index is -0.329. The first-order valence-electron chi connectivity index (χ1n) is 4.61. The Hall–Kier alpha value is -1.29. The summed E-state index contributed by atoms with van der Waals surface area (Å²) in [6, 6.07) is 1.78. The zero-order chi connectivity index (χ0) is 10.1. The predicted molar refractivity (Wildman–Crippen MR) is 50.4 cm³/mol. The number of nitrogens with one attached hydrogen (secondary N) is 1. The number of carbonyl (C=O) groups excluding carboxylic acids is 1. The van der Waals surface area contributed by atoms with Gasteiger partial charge in [-0.25, -0.2) is 4.79 Å². The van der Waals surface area contributed by atoms with Crippen LogP contribution in [0.4, 0.5) is 0 Å². The lowest BCUT2D eigenvalue weighted by Gasteiger charge is -2.24. The molecule has 0 unspecified atom stereocenters. The van der Waals surface area contributed by atoms with E-state index in [-0.39, 0.29) is 5.97 Å². The molecule has 4 nitrogen and oxygen atoms in total. The summed E-state index contributed by atoms with van der Waals surface area (Å²) in [5.41, 5.74) is 0.536. The Labute approximate surface area is 82.2 Å². The lowest BCUT2D eigenvalue weighted by atomic mass is 10.0. The molecule has 2 rings (SSSR count). The van der Waals surface area contributed by atoms with Gasteiger partial charge in [-0.3, -0.25) is 0 Å². The molecule has 1 fully saturated rings. The minimum Gasteiger partial charge on any atom is -0.465 e. The van der Waals surface area contributed by atoms with E-state index in [1.807, 2.05) is 0 Å². The molecule has 14 heavy (non-hydrogen) atoms. The van der Waals surface area contributed by atoms with Crippen molar-refractivity contribution in [3.8, 4) is 0 Å². The van der Waals surface area contributed by atoms with Crippen LogP contribution in [0.25, 0.3) is 0 Å². The Morgan fingerprint density at radius 1 is 1.64 bits per heavy atom. The Bertz CT molecular complexity index is 352. The number of hydrogen-bond donors (Lipinski definition) is 1. The Kier molecular flexibility index (Phi) is 2.29. The van der Waals surface area contributed by atoms with E-state index in [1.165, 1.54) is 7.11 Å². The lowest BCUT2D eigenvalue weighted by Crippen LogP contribution is -2.39. The fraction of sp³-hybridized carbons (Fsp3) is 0.500. The second-order valence-corrected chi connectivity index (χ2v) is 3.47. The van der Waals surface area contributed by atoms with Crippen molar-refractivity contribution in [1.82, 2.24) is 5.32 Å². The van der Waals surface area contributed by atoms with Crippen LogP contribution in [0, 0.1) is 6.92 Å². The maximum absolute atomic E-state index is 11.3. The normalized spacial score (nSPS) is 16.4. The second-order valence-electron chi connectivity index (χ2n) is 3.47. The summed E-state index contributed by atoms with van der Waals surface area (Å²) in [6.45, 7) is 3.63. The Balaban J connectivity index is 2.24. The van der Waals surface area contributed by atoms with E-state index in [4.69, 9.17) is 4.42 Å². The van der Waals surface area contributed by atoms with E-state index in [0.29, 0.717) is 17.2 Å². The van der Waals surface area contributed by atoms with Crippen molar-refractivity contribution in [2.75, 3.05) is 20.2 Å². The highest BCUT2D eigenvalue weighted by Crippen LogP contribution is 2.25. The van der Waals surface area contributed by atoms with Crippen molar-refractivity contribution in [2.45, 2.75) is 12.8 Å². The zero-order valence-corrected chi connectivity index (χ0v) is 8.29. The van der Waals surface area contributed by atoms with Gasteiger partial charge in [-0.15, -0.1) is 0 Å². The molecule has 1 aromatic heterocycles. The molecule has 0 saturated carbocycles. The van der Waals surface area contributed by atoms with Crippen LogP contribution in [-0.2, 0) is 4.74 Å². The molecular weight excluding hydrogens is 182 g/mol. The summed E-state index contributed by atoms with van der Waals surface area (Å²) < 4.78 is 10.1. The number of hydrogen-bond acceptors (Lipinski definition) is 4. The molecule has 1 aromatic rings. The largest absolute Gasteiger partial charge is 0.465 e. The third-order valence-electron chi connectivity index (χ3n) is 2.53. The molecular formula is C10H13NO3. The maximum Gasteiger partial charge on any atom is 0.341 e. The maximum atomic E-state index is 11.3. The van der Waals surface area contributed by atoms with Crippen molar-refractivity contribution in [3.05, 3.63) is 23.2 Å². The lowest BCUT2D eigenvalue weighted by molar-refractivity contribution is 0.0599. The van der Waals surface area contributed by atoms with Crippen molar-refractivity contribution in [2.24, 2.45) is 0 Å². The van der Waals surface area contributed by atoms with Gasteiger partial charge in [-0.2, -0.15) is 0 Å². The number of carbonyl (C=O) groups is 1. The van der Waals surface area contributed by atoms with E-state index >= 15 is 0 Å². The molecule has 1 N–H and O–H groups in total. The summed E-state index contributed by atoms with van der Waals surface area (Å²) in [6.07, 6.45) is 0. The van der Waals surface area contributed by atoms with E-state index in [2.05, 4.69) is 10.1 Å². The molecule has 0 spiro atoms. The van der Waals surface area contributed by atoms with Crippen LogP contribution >= 0.6 is 0 Å². The van der Waals surface area contributed by atoms with Crippen molar-refractivity contribution >= 4 is 5.97 Å². The smallest absolute Gasteiger partial charge is 0.341 e. The van der Waals surface area contributed by atoms with Gasteiger partial charge in [-0.05, 0) is 13.0 Å². The molecule has 1 aliphatic heterocycles. The summed E-state index contributed by atoms with van der Waals surface area (Å²) >= 11 is 0. The van der Waals surface area contributed by atoms with Crippen LogP contribution in [0.15, 0.2) is 10.5 Å². The van der Waals surface area contributed by atoms with Gasteiger partial charge in [-0.1, -0.05) is 0 Å². The summed E-state index contributed by atoms with van der Waals surface area (Å²) in [5.74, 6) is 1.59. The topological polar surface area (TPSA) is 51.5 Å². The van der Waals surface area contributed by atoms with Gasteiger partial charge >= 0.3 is 5.97 Å². The zero-order valence-electron chi connectivity index (χ0n) is 8.29. The van der Waals surface area contributed by atoms with Gasteiger partial charge in [0, 0.05) is 19.0 Å². The quantitative estimate of drug-likeness (QED) is 0.717. The van der Waals surface area contributed by atoms with E-state index < -0.39 is 0 Å². The van der Waals surface area contributed by atoms with Gasteiger partial charge in [0.05, 0.1) is 7.11 Å². The third-order valence-corrected chi connectivity index (χ3v) is 2.53. The molecule has 0 atom stereocenters. The molecule has 1 saturated heterocycles. The van der Waals surface area contributed by atoms with Crippen molar-refractivity contribution in [1.29, 1.82) is 0 Å². The molecule has 4 heteroatoms. The number of aryl methyl sites for hydroxylation is 1. The SMILES string of the molecule is COC(=O)c1cc(C2CNC2)oc1C. The highest BCUT2D eigenvalue weighted by molar-refractivity contribution is 5.90. The molecule has 0 amide bonds. The van der Waals surface area contributed by atoms with Crippen LogP contribution in [-0.4, -0.2) is 26.2 Å². The standard InChI is InChI=1S/C10H13NO3/c1-6-8(10(12)13-2)3-9(14-6)7-4-11-5-7/h3,7,11H,4-5H2,1-2H3. The fourth-order valence-corrected chi connectivity index (χ4v) is 1.51. The average molecular weight is 195 g/mol. The summed E-state index contributed by atoms with van der Waals surface area (Å²) in [7, 11) is 1.37. The molecule has 2 heterocycles. The number of esters is 1. The molecule has 76 valence electrons. The van der Waals surface area contributed by atoms with Gasteiger partial charge < -0.3 is 14.5 Å². The fourth-order valence-electron chi connectivity index (χ4n) is 1.51. The summed E-state index contributed by atoms with van der Waals surface area (Å²) in [5, 5.41) is 3.16. The van der Waals surface area contributed by atoms with E-state index in [1.54, 1.807) is 13.0 Å².